The number of aliphatic hydroxyl groups is 1. The molecule has 0 amide bonds. The quantitative estimate of drug-likeness (QED) is 0.557. The van der Waals surface area contributed by atoms with Crippen LogP contribution in [0.4, 0.5) is 5.82 Å². The fourth-order valence-electron chi connectivity index (χ4n) is 6.92. The first-order valence-corrected chi connectivity index (χ1v) is 10.0. The Balaban J connectivity index is 1.47. The maximum Gasteiger partial charge on any atom is 0.465 e. The normalized spacial score (nSPS) is 42.0. The molecule has 136 valence electrons. The second-order valence-corrected chi connectivity index (χ2v) is 9.41. The molecule has 0 aromatic carbocycles. The van der Waals surface area contributed by atoms with Crippen molar-refractivity contribution in [3.05, 3.63) is 17.3 Å². The number of nitrogens with zero attached hydrogens (tertiary/aromatic N) is 2. The van der Waals surface area contributed by atoms with E-state index in [2.05, 4.69) is 22.6 Å². The van der Waals surface area contributed by atoms with Crippen molar-refractivity contribution in [1.29, 1.82) is 0 Å². The average Bonchev–Trinajstić information content (AvgIpc) is 2.95. The summed E-state index contributed by atoms with van der Waals surface area (Å²) in [7, 11) is -0.788. The van der Waals surface area contributed by atoms with Gasteiger partial charge in [-0.2, -0.15) is 5.10 Å². The zero-order valence-electron chi connectivity index (χ0n) is 15.1. The van der Waals surface area contributed by atoms with Gasteiger partial charge in [0.25, 0.3) is 0 Å². The van der Waals surface area contributed by atoms with Crippen LogP contribution in [0.25, 0.3) is 0 Å². The zero-order valence-corrected chi connectivity index (χ0v) is 15.1. The fourth-order valence-corrected chi connectivity index (χ4v) is 6.92. The summed E-state index contributed by atoms with van der Waals surface area (Å²) < 4.78 is 0. The zero-order chi connectivity index (χ0) is 17.6. The fraction of sp³-hybridized carbons (Fsp3) is 0.684. The molecular formula is C19H25BN4O2. The lowest BCUT2D eigenvalue weighted by molar-refractivity contribution is -0.137. The molecule has 4 N–H and O–H groups in total. The minimum absolute atomic E-state index is 0.358. The SMILES string of the molecule is CC1Cc2c(ncc3c2C(C2C4CC5CC2CC(O)(C5)C4)=NNB3O)N1. The van der Waals surface area contributed by atoms with Crippen LogP contribution < -0.4 is 16.1 Å². The smallest absolute Gasteiger partial charge is 0.428 e. The minimum Gasteiger partial charge on any atom is -0.428 e. The van der Waals surface area contributed by atoms with Crippen LogP contribution in [0.1, 0.15) is 50.2 Å². The third kappa shape index (κ3) is 2.01. The molecule has 3 atom stereocenters. The Morgan fingerprint density at radius 2 is 2.00 bits per heavy atom. The number of hydrogen-bond donors (Lipinski definition) is 4. The van der Waals surface area contributed by atoms with E-state index in [0.29, 0.717) is 29.7 Å². The summed E-state index contributed by atoms with van der Waals surface area (Å²) in [5, 5.41) is 32.5. The number of pyridine rings is 1. The molecular weight excluding hydrogens is 327 g/mol. The van der Waals surface area contributed by atoms with Gasteiger partial charge < -0.3 is 20.8 Å². The van der Waals surface area contributed by atoms with Gasteiger partial charge in [-0.05, 0) is 63.2 Å². The van der Waals surface area contributed by atoms with E-state index in [4.69, 9.17) is 5.10 Å². The number of aromatic nitrogens is 1. The molecule has 26 heavy (non-hydrogen) atoms. The van der Waals surface area contributed by atoms with Gasteiger partial charge in [-0.15, -0.1) is 0 Å². The lowest BCUT2D eigenvalue weighted by Crippen LogP contribution is -2.59. The van der Waals surface area contributed by atoms with Crippen molar-refractivity contribution in [1.82, 2.24) is 10.3 Å². The number of nitrogens with one attached hydrogen (secondary N) is 2. The summed E-state index contributed by atoms with van der Waals surface area (Å²) in [5.41, 5.74) is 3.87. The standard InChI is InChI=1S/C19H25BN4O2/c1-9-2-13-16-14(8-21-18(13)22-9)20(26)24-23-17(16)15-11-3-10-4-12(15)7-19(25,5-10)6-11/h8-12,15,24-26H,2-7H2,1H3,(H,21,22). The summed E-state index contributed by atoms with van der Waals surface area (Å²) in [4.78, 5) is 4.55. The monoisotopic (exact) mass is 352 g/mol. The van der Waals surface area contributed by atoms with Crippen LogP contribution in [0.3, 0.4) is 0 Å². The van der Waals surface area contributed by atoms with Crippen LogP contribution in [-0.4, -0.2) is 39.5 Å². The van der Waals surface area contributed by atoms with E-state index < -0.39 is 12.7 Å². The topological polar surface area (TPSA) is 89.8 Å². The highest BCUT2D eigenvalue weighted by atomic mass is 16.3. The second kappa shape index (κ2) is 5.01. The number of fused-ring (bicyclic) bond motifs is 3. The van der Waals surface area contributed by atoms with E-state index in [1.807, 2.05) is 0 Å². The third-order valence-electron chi connectivity index (χ3n) is 7.52. The van der Waals surface area contributed by atoms with Crippen molar-refractivity contribution in [2.24, 2.45) is 28.8 Å². The molecule has 1 aromatic heterocycles. The highest BCUT2D eigenvalue weighted by molar-refractivity contribution is 6.66. The Bertz CT molecular complexity index is 812. The maximum absolute atomic E-state index is 10.9. The van der Waals surface area contributed by atoms with Gasteiger partial charge in [-0.25, -0.2) is 4.98 Å². The molecule has 0 spiro atoms. The van der Waals surface area contributed by atoms with E-state index in [-0.39, 0.29) is 0 Å². The summed E-state index contributed by atoms with van der Waals surface area (Å²) in [5.74, 6) is 3.02. The molecule has 3 heterocycles. The molecule has 3 unspecified atom stereocenters. The first-order chi connectivity index (χ1) is 12.5. The lowest BCUT2D eigenvalue weighted by atomic mass is 9.48. The Morgan fingerprint density at radius 3 is 2.73 bits per heavy atom. The molecule has 4 aliphatic carbocycles. The molecule has 6 nitrogen and oxygen atoms in total. The first kappa shape index (κ1) is 15.5. The molecule has 6 aliphatic rings. The number of anilines is 1. The summed E-state index contributed by atoms with van der Waals surface area (Å²) >= 11 is 0. The van der Waals surface area contributed by atoms with Crippen LogP contribution in [-0.2, 0) is 6.42 Å². The van der Waals surface area contributed by atoms with Crippen LogP contribution in [0.2, 0.25) is 0 Å². The third-order valence-corrected chi connectivity index (χ3v) is 7.52. The molecule has 4 fully saturated rings. The summed E-state index contributed by atoms with van der Waals surface area (Å²) in [6, 6.07) is 0.358. The van der Waals surface area contributed by atoms with Crippen molar-refractivity contribution in [3.63, 3.8) is 0 Å². The Morgan fingerprint density at radius 1 is 1.23 bits per heavy atom. The van der Waals surface area contributed by atoms with Gasteiger partial charge in [0.1, 0.15) is 5.82 Å². The number of rotatable bonds is 1. The Hall–Kier alpha value is -1.60. The molecule has 7 heteroatoms. The van der Waals surface area contributed by atoms with Gasteiger partial charge in [-0.3, -0.25) is 0 Å². The van der Waals surface area contributed by atoms with Crippen molar-refractivity contribution >= 4 is 24.0 Å². The molecule has 0 saturated heterocycles. The van der Waals surface area contributed by atoms with Gasteiger partial charge in [-0.1, -0.05) is 0 Å². The summed E-state index contributed by atoms with van der Waals surface area (Å²) in [6.45, 7) is 2.17. The second-order valence-electron chi connectivity index (χ2n) is 9.41. The largest absolute Gasteiger partial charge is 0.465 e. The van der Waals surface area contributed by atoms with E-state index in [1.165, 1.54) is 18.4 Å². The summed E-state index contributed by atoms with van der Waals surface area (Å²) in [6.07, 6.45) is 7.95. The van der Waals surface area contributed by atoms with E-state index in [9.17, 15) is 10.1 Å². The van der Waals surface area contributed by atoms with E-state index >= 15 is 0 Å². The van der Waals surface area contributed by atoms with Crippen molar-refractivity contribution < 1.29 is 10.1 Å². The Labute approximate surface area is 153 Å². The predicted octanol–water partition coefficient (Wildman–Crippen LogP) is 0.620. The molecule has 1 aromatic rings. The van der Waals surface area contributed by atoms with Crippen LogP contribution in [0.5, 0.6) is 0 Å². The van der Waals surface area contributed by atoms with E-state index in [0.717, 1.165) is 48.2 Å². The molecule has 2 aliphatic heterocycles. The molecule has 0 radical (unpaired) electrons. The van der Waals surface area contributed by atoms with Crippen molar-refractivity contribution in [3.8, 4) is 0 Å². The van der Waals surface area contributed by atoms with Crippen molar-refractivity contribution in [2.45, 2.75) is 57.1 Å². The highest BCUT2D eigenvalue weighted by Gasteiger charge is 2.56. The molecule has 4 bridgehead atoms. The van der Waals surface area contributed by atoms with Gasteiger partial charge in [0.05, 0.1) is 11.3 Å². The predicted molar refractivity (Wildman–Crippen MR) is 100 cm³/mol. The van der Waals surface area contributed by atoms with Gasteiger partial charge in [0.2, 0.25) is 0 Å². The van der Waals surface area contributed by atoms with Gasteiger partial charge >= 0.3 is 7.05 Å². The number of hydrazone groups is 1. The minimum atomic E-state index is -0.788. The van der Waals surface area contributed by atoms with Gasteiger partial charge in [0.15, 0.2) is 0 Å². The first-order valence-electron chi connectivity index (χ1n) is 10.0. The van der Waals surface area contributed by atoms with Crippen LogP contribution >= 0.6 is 0 Å². The van der Waals surface area contributed by atoms with Crippen LogP contribution in [0.15, 0.2) is 11.3 Å². The number of hydrogen-bond acceptors (Lipinski definition) is 6. The van der Waals surface area contributed by atoms with Gasteiger partial charge in [0, 0.05) is 34.7 Å². The molecule has 7 rings (SSSR count). The highest BCUT2D eigenvalue weighted by Crippen LogP contribution is 2.59. The van der Waals surface area contributed by atoms with Crippen LogP contribution in [0, 0.1) is 23.7 Å². The Kier molecular flexibility index (Phi) is 2.98. The van der Waals surface area contributed by atoms with Crippen molar-refractivity contribution in [2.75, 3.05) is 5.32 Å². The maximum atomic E-state index is 10.9. The molecule has 4 saturated carbocycles. The lowest BCUT2D eigenvalue weighted by Gasteiger charge is -2.58. The average molecular weight is 352 g/mol. The van der Waals surface area contributed by atoms with E-state index in [1.54, 1.807) is 6.20 Å².